The van der Waals surface area contributed by atoms with Gasteiger partial charge in [-0.15, -0.1) is 0 Å². The molecule has 0 aliphatic carbocycles. The van der Waals surface area contributed by atoms with Crippen molar-refractivity contribution in [2.45, 2.75) is 25.6 Å². The van der Waals surface area contributed by atoms with Crippen molar-refractivity contribution in [3.63, 3.8) is 0 Å². The van der Waals surface area contributed by atoms with E-state index in [4.69, 9.17) is 0 Å². The Bertz CT molecular complexity index is 1170. The number of fused-ring (bicyclic) bond motifs is 1. The molecular weight excluding hydrogens is 398 g/mol. The van der Waals surface area contributed by atoms with Crippen LogP contribution in [0.4, 0.5) is 23.4 Å². The van der Waals surface area contributed by atoms with Crippen molar-refractivity contribution in [1.82, 2.24) is 19.9 Å². The summed E-state index contributed by atoms with van der Waals surface area (Å²) in [5.41, 5.74) is 3.00. The minimum Gasteiger partial charge on any atom is -0.353 e. The normalized spacial score (nSPS) is 12.8. The smallest absolute Gasteiger partial charge is 0.353 e. The second kappa shape index (κ2) is 7.74. The maximum atomic E-state index is 14.6. The third-order valence-electron chi connectivity index (χ3n) is 4.67. The summed E-state index contributed by atoms with van der Waals surface area (Å²) in [7, 11) is 0. The highest BCUT2D eigenvalue weighted by molar-refractivity contribution is 5.80. The first-order valence-corrected chi connectivity index (χ1v) is 9.11. The molecule has 4 heterocycles. The van der Waals surface area contributed by atoms with E-state index < -0.39 is 23.9 Å². The molecule has 0 spiro atoms. The Kier molecular flexibility index (Phi) is 5.11. The first-order chi connectivity index (χ1) is 14.3. The van der Waals surface area contributed by atoms with Crippen molar-refractivity contribution in [3.05, 3.63) is 83.3 Å². The molecule has 30 heavy (non-hydrogen) atoms. The molecule has 4 aromatic heterocycles. The van der Waals surface area contributed by atoms with E-state index in [1.54, 1.807) is 12.4 Å². The lowest BCUT2D eigenvalue weighted by Gasteiger charge is -2.22. The van der Waals surface area contributed by atoms with Gasteiger partial charge in [-0.2, -0.15) is 13.2 Å². The van der Waals surface area contributed by atoms with Crippen LogP contribution in [0, 0.1) is 12.7 Å². The molecule has 154 valence electrons. The van der Waals surface area contributed by atoms with Gasteiger partial charge in [0.25, 0.3) is 0 Å². The SMILES string of the molecule is Cc1cnc2[nH]cc(Cc3cnc(NC(c4cccnc4)C(F)(F)F)c(F)c3)c2c1. The number of rotatable bonds is 5. The highest BCUT2D eigenvalue weighted by Crippen LogP contribution is 2.35. The zero-order valence-corrected chi connectivity index (χ0v) is 15.8. The fourth-order valence-electron chi connectivity index (χ4n) is 3.25. The van der Waals surface area contributed by atoms with Crippen LogP contribution in [0.5, 0.6) is 0 Å². The molecule has 2 N–H and O–H groups in total. The summed E-state index contributed by atoms with van der Waals surface area (Å²) in [4.78, 5) is 15.0. The van der Waals surface area contributed by atoms with E-state index in [1.165, 1.54) is 30.6 Å². The van der Waals surface area contributed by atoms with Crippen molar-refractivity contribution >= 4 is 16.9 Å². The first-order valence-electron chi connectivity index (χ1n) is 9.11. The zero-order valence-electron chi connectivity index (χ0n) is 15.8. The standard InChI is InChI=1S/C21H17F4N5/c1-12-5-16-15(11-29-19(16)27-8-12)6-13-7-17(22)20(28-9-13)30-18(21(23,24)25)14-3-2-4-26-10-14/h2-5,7-11,18H,6H2,1H3,(H,27,29)(H,28,30). The number of aryl methyl sites for hydroxylation is 1. The summed E-state index contributed by atoms with van der Waals surface area (Å²) in [5, 5.41) is 3.07. The van der Waals surface area contributed by atoms with Gasteiger partial charge in [0.05, 0.1) is 0 Å². The summed E-state index contributed by atoms with van der Waals surface area (Å²) in [6.07, 6.45) is 3.05. The van der Waals surface area contributed by atoms with Gasteiger partial charge >= 0.3 is 6.18 Å². The molecular formula is C21H17F4N5. The molecule has 0 bridgehead atoms. The second-order valence-electron chi connectivity index (χ2n) is 6.98. The Balaban J connectivity index is 1.59. The topological polar surface area (TPSA) is 66.5 Å². The highest BCUT2D eigenvalue weighted by Gasteiger charge is 2.41. The number of nitrogens with one attached hydrogen (secondary N) is 2. The van der Waals surface area contributed by atoms with Gasteiger partial charge in [0, 0.05) is 48.4 Å². The molecule has 5 nitrogen and oxygen atoms in total. The third-order valence-corrected chi connectivity index (χ3v) is 4.67. The molecule has 4 aromatic rings. The number of H-pyrrole nitrogens is 1. The van der Waals surface area contributed by atoms with E-state index in [-0.39, 0.29) is 5.56 Å². The molecule has 0 saturated heterocycles. The largest absolute Gasteiger partial charge is 0.412 e. The number of anilines is 1. The summed E-state index contributed by atoms with van der Waals surface area (Å²) in [6, 6.07) is 3.70. The lowest BCUT2D eigenvalue weighted by molar-refractivity contribution is -0.144. The molecule has 0 aliphatic rings. The van der Waals surface area contributed by atoms with Crippen LogP contribution in [0.1, 0.15) is 28.3 Å². The quantitative estimate of drug-likeness (QED) is 0.445. The maximum Gasteiger partial charge on any atom is 0.412 e. The predicted octanol–water partition coefficient (Wildman–Crippen LogP) is 5.11. The Morgan fingerprint density at radius 2 is 1.97 bits per heavy atom. The maximum absolute atomic E-state index is 14.6. The average Bonchev–Trinajstić information content (AvgIpc) is 3.09. The molecule has 4 rings (SSSR count). The number of hydrogen-bond donors (Lipinski definition) is 2. The van der Waals surface area contributed by atoms with Crippen LogP contribution in [0.25, 0.3) is 11.0 Å². The van der Waals surface area contributed by atoms with Gasteiger partial charge in [-0.25, -0.2) is 14.4 Å². The average molecular weight is 415 g/mol. The summed E-state index contributed by atoms with van der Waals surface area (Å²) in [5.74, 6) is -1.33. The van der Waals surface area contributed by atoms with E-state index in [0.29, 0.717) is 17.6 Å². The molecule has 1 atom stereocenters. The summed E-state index contributed by atoms with van der Waals surface area (Å²) < 4.78 is 55.0. The van der Waals surface area contributed by atoms with Crippen molar-refractivity contribution in [2.24, 2.45) is 0 Å². The highest BCUT2D eigenvalue weighted by atomic mass is 19.4. The van der Waals surface area contributed by atoms with Gasteiger partial charge in [-0.05, 0) is 41.8 Å². The van der Waals surface area contributed by atoms with Gasteiger partial charge in [0.2, 0.25) is 0 Å². The van der Waals surface area contributed by atoms with E-state index in [1.807, 2.05) is 13.0 Å². The molecule has 0 amide bonds. The fourth-order valence-corrected chi connectivity index (χ4v) is 3.25. The van der Waals surface area contributed by atoms with Crippen LogP contribution in [-0.4, -0.2) is 26.1 Å². The lowest BCUT2D eigenvalue weighted by atomic mass is 10.1. The van der Waals surface area contributed by atoms with Gasteiger partial charge in [0.1, 0.15) is 5.65 Å². The number of nitrogens with zero attached hydrogens (tertiary/aromatic N) is 3. The van der Waals surface area contributed by atoms with Crippen LogP contribution in [0.3, 0.4) is 0 Å². The molecule has 0 aromatic carbocycles. The van der Waals surface area contributed by atoms with Gasteiger partial charge < -0.3 is 10.3 Å². The molecule has 0 radical (unpaired) electrons. The molecule has 0 aliphatic heterocycles. The van der Waals surface area contributed by atoms with Crippen molar-refractivity contribution < 1.29 is 17.6 Å². The van der Waals surface area contributed by atoms with E-state index in [0.717, 1.165) is 22.7 Å². The zero-order chi connectivity index (χ0) is 21.3. The van der Waals surface area contributed by atoms with Crippen molar-refractivity contribution in [3.8, 4) is 0 Å². The minimum absolute atomic E-state index is 0.128. The van der Waals surface area contributed by atoms with Gasteiger partial charge in [-0.3, -0.25) is 4.98 Å². The number of alkyl halides is 3. The molecule has 1 unspecified atom stereocenters. The van der Waals surface area contributed by atoms with Crippen LogP contribution >= 0.6 is 0 Å². The molecule has 0 saturated carbocycles. The van der Waals surface area contributed by atoms with Crippen LogP contribution in [0.2, 0.25) is 0 Å². The van der Waals surface area contributed by atoms with Crippen molar-refractivity contribution in [2.75, 3.05) is 5.32 Å². The number of pyridine rings is 3. The Labute approximate surface area is 169 Å². The lowest BCUT2D eigenvalue weighted by Crippen LogP contribution is -2.28. The number of aromatic amines is 1. The fraction of sp³-hybridized carbons (Fsp3) is 0.190. The summed E-state index contributed by atoms with van der Waals surface area (Å²) >= 11 is 0. The van der Waals surface area contributed by atoms with E-state index >= 15 is 0 Å². The number of halogens is 4. The summed E-state index contributed by atoms with van der Waals surface area (Å²) in [6.45, 7) is 1.92. The number of hydrogen-bond acceptors (Lipinski definition) is 4. The number of aromatic nitrogens is 4. The predicted molar refractivity (Wildman–Crippen MR) is 104 cm³/mol. The second-order valence-corrected chi connectivity index (χ2v) is 6.98. The van der Waals surface area contributed by atoms with Crippen LogP contribution in [0.15, 0.2) is 55.2 Å². The van der Waals surface area contributed by atoms with Crippen LogP contribution < -0.4 is 5.32 Å². The Morgan fingerprint density at radius 1 is 1.13 bits per heavy atom. The third kappa shape index (κ3) is 4.10. The molecule has 0 fully saturated rings. The monoisotopic (exact) mass is 415 g/mol. The molecule has 9 heteroatoms. The van der Waals surface area contributed by atoms with Crippen molar-refractivity contribution in [1.29, 1.82) is 0 Å². The first kappa shape index (κ1) is 19.8. The van der Waals surface area contributed by atoms with Gasteiger partial charge in [-0.1, -0.05) is 6.07 Å². The Morgan fingerprint density at radius 3 is 2.67 bits per heavy atom. The minimum atomic E-state index is -4.65. The Hall–Kier alpha value is -3.49. The van der Waals surface area contributed by atoms with E-state index in [2.05, 4.69) is 25.3 Å². The van der Waals surface area contributed by atoms with Gasteiger partial charge in [0.15, 0.2) is 17.7 Å². The van der Waals surface area contributed by atoms with E-state index in [9.17, 15) is 17.6 Å². The van der Waals surface area contributed by atoms with Crippen LogP contribution in [-0.2, 0) is 6.42 Å².